The lowest BCUT2D eigenvalue weighted by Crippen LogP contribution is -2.60. The third-order valence-electron chi connectivity index (χ3n) is 8.23. The number of nitrogens with zero attached hydrogens (tertiary/aromatic N) is 2. The van der Waals surface area contributed by atoms with Crippen LogP contribution in [-0.2, 0) is 9.59 Å². The molecule has 1 aliphatic carbocycles. The topological polar surface area (TPSA) is 107 Å². The first-order chi connectivity index (χ1) is 17.5. The van der Waals surface area contributed by atoms with Crippen molar-refractivity contribution in [3.05, 3.63) is 59.9 Å². The minimum absolute atomic E-state index is 0.0176. The molecule has 3 unspecified atom stereocenters. The number of guanidine groups is 1. The smallest absolute Gasteiger partial charge is 0.232 e. The molecule has 3 N–H and O–H groups in total. The second kappa shape index (κ2) is 9.15. The Hall–Kier alpha value is -3.42. The largest absolute Gasteiger partial charge is 0.487 e. The van der Waals surface area contributed by atoms with E-state index in [-0.39, 0.29) is 53.6 Å². The number of rotatable bonds is 6. The van der Waals surface area contributed by atoms with E-state index in [1.165, 1.54) is 4.90 Å². The molecule has 1 saturated heterocycles. The molecule has 1 aromatic carbocycles. The number of pyridine rings is 1. The summed E-state index contributed by atoms with van der Waals surface area (Å²) in [6, 6.07) is 11.1. The van der Waals surface area contributed by atoms with Gasteiger partial charge in [0.25, 0.3) is 0 Å². The highest BCUT2D eigenvalue weighted by atomic mass is 16.5. The van der Waals surface area contributed by atoms with E-state index in [0.717, 1.165) is 16.9 Å². The number of amides is 2. The van der Waals surface area contributed by atoms with E-state index in [2.05, 4.69) is 36.4 Å². The van der Waals surface area contributed by atoms with Gasteiger partial charge in [0.05, 0.1) is 12.1 Å². The van der Waals surface area contributed by atoms with Crippen LogP contribution in [0.3, 0.4) is 0 Å². The lowest BCUT2D eigenvalue weighted by atomic mass is 9.81. The lowest BCUT2D eigenvalue weighted by Gasteiger charge is -2.43. The Kier molecular flexibility index (Phi) is 6.24. The Morgan fingerprint density at radius 1 is 1.22 bits per heavy atom. The van der Waals surface area contributed by atoms with Crippen molar-refractivity contribution >= 4 is 17.8 Å². The highest BCUT2D eigenvalue weighted by Gasteiger charge is 2.54. The fourth-order valence-electron chi connectivity index (χ4n) is 5.74. The van der Waals surface area contributed by atoms with Gasteiger partial charge in [-0.2, -0.15) is 0 Å². The van der Waals surface area contributed by atoms with E-state index in [1.807, 2.05) is 50.2 Å². The maximum Gasteiger partial charge on any atom is 0.232 e. The van der Waals surface area contributed by atoms with Crippen molar-refractivity contribution in [2.45, 2.75) is 77.1 Å². The Morgan fingerprint density at radius 3 is 2.65 bits per heavy atom. The minimum Gasteiger partial charge on any atom is -0.487 e. The predicted molar refractivity (Wildman–Crippen MR) is 141 cm³/mol. The van der Waals surface area contributed by atoms with Crippen molar-refractivity contribution in [3.8, 4) is 5.75 Å². The lowest BCUT2D eigenvalue weighted by molar-refractivity contribution is -0.133. The Bertz CT molecular complexity index is 1190. The van der Waals surface area contributed by atoms with E-state index in [4.69, 9.17) is 10.1 Å². The molecular formula is C29H37N5O3. The monoisotopic (exact) mass is 503 g/mol. The number of hydrogen-bond donors (Lipinski definition) is 3. The van der Waals surface area contributed by atoms with Gasteiger partial charge in [-0.15, -0.1) is 0 Å². The number of ether oxygens (including phenoxy) is 1. The average molecular weight is 504 g/mol. The van der Waals surface area contributed by atoms with Gasteiger partial charge in [0.2, 0.25) is 11.8 Å². The van der Waals surface area contributed by atoms with E-state index in [1.54, 1.807) is 12.4 Å². The highest BCUT2D eigenvalue weighted by molar-refractivity contribution is 5.99. The SMILES string of the molecule is CC(C)C1(C)CC(NC(=O)[C@@H]2CC2[C@@H](c2cccnc2)N2C(=N)NC(C)(C)CC2=O)c2ccccc2O1. The van der Waals surface area contributed by atoms with Crippen LogP contribution in [-0.4, -0.2) is 38.8 Å². The zero-order valence-electron chi connectivity index (χ0n) is 22.2. The third-order valence-corrected chi connectivity index (χ3v) is 8.23. The van der Waals surface area contributed by atoms with Gasteiger partial charge in [-0.25, -0.2) is 0 Å². The summed E-state index contributed by atoms with van der Waals surface area (Å²) in [6.07, 6.45) is 5.04. The molecule has 0 bridgehead atoms. The summed E-state index contributed by atoms with van der Waals surface area (Å²) in [5, 5.41) is 15.1. The second-order valence-corrected chi connectivity index (χ2v) is 11.9. The van der Waals surface area contributed by atoms with Crippen molar-refractivity contribution in [2.24, 2.45) is 17.8 Å². The van der Waals surface area contributed by atoms with Gasteiger partial charge in [-0.3, -0.25) is 24.9 Å². The van der Waals surface area contributed by atoms with E-state index in [9.17, 15) is 9.59 Å². The Labute approximate surface area is 218 Å². The number of aromatic nitrogens is 1. The van der Waals surface area contributed by atoms with Crippen LogP contribution in [0.4, 0.5) is 0 Å². The first kappa shape index (κ1) is 25.2. The molecule has 8 heteroatoms. The first-order valence-electron chi connectivity index (χ1n) is 13.2. The number of para-hydroxylation sites is 1. The first-order valence-corrected chi connectivity index (χ1v) is 13.2. The van der Waals surface area contributed by atoms with Crippen LogP contribution in [0.2, 0.25) is 0 Å². The minimum atomic E-state index is -0.482. The Balaban J connectivity index is 1.38. The van der Waals surface area contributed by atoms with Gasteiger partial charge in [-0.1, -0.05) is 38.1 Å². The molecule has 2 aromatic rings. The summed E-state index contributed by atoms with van der Waals surface area (Å²) in [6.45, 7) is 10.2. The van der Waals surface area contributed by atoms with Gasteiger partial charge < -0.3 is 15.4 Å². The molecule has 0 spiro atoms. The van der Waals surface area contributed by atoms with Crippen LogP contribution in [0, 0.1) is 23.2 Å². The molecule has 3 heterocycles. The molecule has 1 saturated carbocycles. The second-order valence-electron chi connectivity index (χ2n) is 11.9. The summed E-state index contributed by atoms with van der Waals surface area (Å²) < 4.78 is 6.37. The molecule has 3 aliphatic rings. The van der Waals surface area contributed by atoms with Crippen LogP contribution in [0.1, 0.15) is 77.1 Å². The summed E-state index contributed by atoms with van der Waals surface area (Å²) in [7, 11) is 0. The fourth-order valence-corrected chi connectivity index (χ4v) is 5.74. The molecule has 5 rings (SSSR count). The van der Waals surface area contributed by atoms with Crippen LogP contribution >= 0.6 is 0 Å². The third kappa shape index (κ3) is 4.81. The number of carbonyl (C=O) groups excluding carboxylic acids is 2. The summed E-state index contributed by atoms with van der Waals surface area (Å²) in [5.74, 6) is 0.695. The zero-order valence-corrected chi connectivity index (χ0v) is 22.2. The summed E-state index contributed by atoms with van der Waals surface area (Å²) >= 11 is 0. The van der Waals surface area contributed by atoms with Crippen molar-refractivity contribution in [2.75, 3.05) is 0 Å². The molecule has 2 amide bonds. The number of benzene rings is 1. The van der Waals surface area contributed by atoms with E-state index >= 15 is 0 Å². The van der Waals surface area contributed by atoms with Crippen molar-refractivity contribution in [1.29, 1.82) is 5.41 Å². The maximum atomic E-state index is 13.6. The Morgan fingerprint density at radius 2 is 1.97 bits per heavy atom. The molecule has 37 heavy (non-hydrogen) atoms. The van der Waals surface area contributed by atoms with E-state index < -0.39 is 11.6 Å². The van der Waals surface area contributed by atoms with Crippen molar-refractivity contribution in [3.63, 3.8) is 0 Å². The average Bonchev–Trinajstić information content (AvgIpc) is 3.62. The number of carbonyl (C=O) groups is 2. The fraction of sp³-hybridized carbons (Fsp3) is 0.517. The molecule has 2 fully saturated rings. The van der Waals surface area contributed by atoms with Crippen LogP contribution in [0.5, 0.6) is 5.75 Å². The summed E-state index contributed by atoms with van der Waals surface area (Å²) in [5.41, 5.74) is 0.964. The van der Waals surface area contributed by atoms with Gasteiger partial charge in [-0.05, 0) is 56.7 Å². The van der Waals surface area contributed by atoms with Gasteiger partial charge in [0.15, 0.2) is 5.96 Å². The maximum absolute atomic E-state index is 13.6. The zero-order chi connectivity index (χ0) is 26.5. The predicted octanol–water partition coefficient (Wildman–Crippen LogP) is 4.35. The van der Waals surface area contributed by atoms with Gasteiger partial charge >= 0.3 is 0 Å². The van der Waals surface area contributed by atoms with Crippen molar-refractivity contribution in [1.82, 2.24) is 20.5 Å². The molecule has 8 nitrogen and oxygen atoms in total. The molecule has 196 valence electrons. The number of nitrogens with one attached hydrogen (secondary N) is 3. The molecule has 5 atom stereocenters. The number of hydrogen-bond acceptors (Lipinski definition) is 5. The quantitative estimate of drug-likeness (QED) is 0.543. The molecule has 2 aliphatic heterocycles. The van der Waals surface area contributed by atoms with Crippen molar-refractivity contribution < 1.29 is 14.3 Å². The molecular weight excluding hydrogens is 466 g/mol. The molecule has 1 aromatic heterocycles. The van der Waals surface area contributed by atoms with Gasteiger partial charge in [0.1, 0.15) is 11.4 Å². The van der Waals surface area contributed by atoms with Crippen LogP contribution in [0.25, 0.3) is 0 Å². The van der Waals surface area contributed by atoms with Gasteiger partial charge in [0, 0.05) is 42.3 Å². The summed E-state index contributed by atoms with van der Waals surface area (Å²) in [4.78, 5) is 32.7. The van der Waals surface area contributed by atoms with E-state index in [0.29, 0.717) is 12.8 Å². The molecule has 0 radical (unpaired) electrons. The van der Waals surface area contributed by atoms with Crippen LogP contribution < -0.4 is 15.4 Å². The normalized spacial score (nSPS) is 29.1. The van der Waals surface area contributed by atoms with Crippen LogP contribution in [0.15, 0.2) is 48.8 Å². The highest BCUT2D eigenvalue weighted by Crippen LogP contribution is 2.51. The number of fused-ring (bicyclic) bond motifs is 1. The standard InChI is InChI=1S/C29H37N5O3/c1-17(2)29(5)14-22(19-10-6-7-11-23(19)37-29)32-26(36)21-13-20(21)25(18-9-8-12-31-16-18)34-24(35)15-28(3,4)33-27(34)30/h6-12,16-17,20-22,25H,13-15H2,1-5H3,(H2,30,33)(H,32,36)/t20?,21-,22?,25-,29?/m1/s1.